The van der Waals surface area contributed by atoms with Gasteiger partial charge >= 0.3 is 29.8 Å². The van der Waals surface area contributed by atoms with Crippen LogP contribution in [-0.4, -0.2) is 82.3 Å². The van der Waals surface area contributed by atoms with Gasteiger partial charge in [-0.15, -0.1) is 0 Å². The minimum atomic E-state index is -2.04. The summed E-state index contributed by atoms with van der Waals surface area (Å²) < 4.78 is 29.1. The Kier molecular flexibility index (Phi) is 9.06. The van der Waals surface area contributed by atoms with Gasteiger partial charge in [0.05, 0.1) is 11.5 Å². The molecular weight excluding hydrogens is 552 g/mol. The molecule has 3 aliphatic rings. The van der Waals surface area contributed by atoms with E-state index < -0.39 is 88.8 Å². The van der Waals surface area contributed by atoms with Crippen LogP contribution in [0.3, 0.4) is 0 Å². The molecule has 0 heterocycles. The molecule has 234 valence electrons. The van der Waals surface area contributed by atoms with E-state index in [1.165, 1.54) is 20.8 Å². The van der Waals surface area contributed by atoms with Gasteiger partial charge in [-0.1, -0.05) is 27.4 Å². The molecule has 2 N–H and O–H groups in total. The van der Waals surface area contributed by atoms with Gasteiger partial charge in [0.15, 0.2) is 12.2 Å². The molecule has 12 heteroatoms. The largest absolute Gasteiger partial charge is 0.462 e. The molecule has 0 aliphatic heterocycles. The van der Waals surface area contributed by atoms with E-state index in [4.69, 9.17) is 23.7 Å². The van der Waals surface area contributed by atoms with Crippen molar-refractivity contribution in [1.29, 1.82) is 0 Å². The summed E-state index contributed by atoms with van der Waals surface area (Å²) in [6.07, 6.45) is -8.24. The highest BCUT2D eigenvalue weighted by atomic mass is 16.6. The van der Waals surface area contributed by atoms with Crippen molar-refractivity contribution in [3.05, 3.63) is 23.3 Å². The van der Waals surface area contributed by atoms with Crippen molar-refractivity contribution in [1.82, 2.24) is 0 Å². The Morgan fingerprint density at radius 2 is 1.26 bits per heavy atom. The van der Waals surface area contributed by atoms with Crippen molar-refractivity contribution in [3.8, 4) is 0 Å². The molecular formula is C30H42O12. The topological polar surface area (TPSA) is 172 Å². The lowest BCUT2D eigenvalue weighted by Crippen LogP contribution is -2.73. The van der Waals surface area contributed by atoms with Gasteiger partial charge in [0.25, 0.3) is 0 Å². The summed E-state index contributed by atoms with van der Waals surface area (Å²) in [7, 11) is 0. The zero-order valence-electron chi connectivity index (χ0n) is 25.6. The van der Waals surface area contributed by atoms with Crippen LogP contribution in [0.1, 0.15) is 75.2 Å². The quantitative estimate of drug-likeness (QED) is 0.270. The van der Waals surface area contributed by atoms with Gasteiger partial charge in [-0.05, 0) is 23.6 Å². The maximum atomic E-state index is 12.8. The van der Waals surface area contributed by atoms with E-state index in [1.807, 2.05) is 0 Å². The molecule has 42 heavy (non-hydrogen) atoms. The van der Waals surface area contributed by atoms with Crippen molar-refractivity contribution < 1.29 is 57.9 Å². The van der Waals surface area contributed by atoms with Crippen LogP contribution in [-0.2, 0) is 47.7 Å². The molecule has 9 atom stereocenters. The van der Waals surface area contributed by atoms with Crippen molar-refractivity contribution in [2.24, 2.45) is 16.7 Å². The summed E-state index contributed by atoms with van der Waals surface area (Å²) in [4.78, 5) is 62.6. The predicted octanol–water partition coefficient (Wildman–Crippen LogP) is 2.08. The van der Waals surface area contributed by atoms with E-state index in [2.05, 4.69) is 6.58 Å². The first-order valence-corrected chi connectivity index (χ1v) is 13.9. The molecule has 0 aromatic rings. The fraction of sp³-hybridized carbons (Fsp3) is 0.700. The highest BCUT2D eigenvalue weighted by Gasteiger charge is 2.72. The van der Waals surface area contributed by atoms with E-state index in [1.54, 1.807) is 27.7 Å². The highest BCUT2D eigenvalue weighted by molar-refractivity contribution is 5.70. The third-order valence-electron chi connectivity index (χ3n) is 9.23. The van der Waals surface area contributed by atoms with Gasteiger partial charge in [-0.25, -0.2) is 0 Å². The Morgan fingerprint density at radius 3 is 1.74 bits per heavy atom. The molecule has 0 amide bonds. The molecule has 0 unspecified atom stereocenters. The summed E-state index contributed by atoms with van der Waals surface area (Å²) in [6.45, 7) is 16.5. The number of aliphatic hydroxyl groups is 2. The first kappa shape index (κ1) is 33.3. The number of ether oxygens (including phenoxy) is 5. The molecule has 12 nitrogen and oxygen atoms in total. The predicted molar refractivity (Wildman–Crippen MR) is 145 cm³/mol. The zero-order chi connectivity index (χ0) is 32.1. The first-order chi connectivity index (χ1) is 19.2. The monoisotopic (exact) mass is 594 g/mol. The minimum Gasteiger partial charge on any atom is -0.462 e. The molecule has 3 rings (SSSR count). The SMILES string of the molecule is C=C1[C@@H](O)C[C@H](OC(C)=O)[C@@]2(C)[C@@H](OC(C)=O)[C@H](OC(C)=O)C3=C(C)[C@@H](OC(C)=O)C[C@@](O)([C@@H](OC(C)=O)[C@H]12)C3(C)C. The van der Waals surface area contributed by atoms with E-state index in [9.17, 15) is 34.2 Å². The second kappa shape index (κ2) is 11.4. The Hall–Kier alpha value is -3.25. The molecule has 2 saturated carbocycles. The van der Waals surface area contributed by atoms with Crippen molar-refractivity contribution >= 4 is 29.8 Å². The van der Waals surface area contributed by atoms with E-state index in [0.717, 1.165) is 13.8 Å². The molecule has 0 spiro atoms. The number of hydrogen-bond donors (Lipinski definition) is 2. The molecule has 0 aromatic carbocycles. The second-order valence-corrected chi connectivity index (χ2v) is 12.3. The van der Waals surface area contributed by atoms with Gasteiger partial charge < -0.3 is 33.9 Å². The number of esters is 5. The third kappa shape index (κ3) is 5.46. The average molecular weight is 595 g/mol. The fourth-order valence-electron chi connectivity index (χ4n) is 7.41. The van der Waals surface area contributed by atoms with Gasteiger partial charge in [0, 0.05) is 58.8 Å². The summed E-state index contributed by atoms with van der Waals surface area (Å²) in [5.74, 6) is -4.87. The maximum Gasteiger partial charge on any atom is 0.303 e. The van der Waals surface area contributed by atoms with Gasteiger partial charge in [-0.3, -0.25) is 24.0 Å². The number of hydrogen-bond acceptors (Lipinski definition) is 12. The normalized spacial score (nSPS) is 37.3. The van der Waals surface area contributed by atoms with Crippen molar-refractivity contribution in [2.75, 3.05) is 0 Å². The lowest BCUT2D eigenvalue weighted by Gasteiger charge is -2.63. The lowest BCUT2D eigenvalue weighted by atomic mass is 9.47. The number of fused-ring (bicyclic) bond motifs is 3. The van der Waals surface area contributed by atoms with Crippen LogP contribution in [0, 0.1) is 16.7 Å². The van der Waals surface area contributed by atoms with Crippen LogP contribution in [0.4, 0.5) is 0 Å². The molecule has 0 saturated heterocycles. The van der Waals surface area contributed by atoms with Gasteiger partial charge in [-0.2, -0.15) is 0 Å². The Bertz CT molecular complexity index is 1220. The smallest absolute Gasteiger partial charge is 0.303 e. The summed E-state index contributed by atoms with van der Waals surface area (Å²) in [5.41, 5.74) is -4.18. The first-order valence-electron chi connectivity index (χ1n) is 13.9. The minimum absolute atomic E-state index is 0.119. The summed E-state index contributed by atoms with van der Waals surface area (Å²) in [6, 6.07) is 0. The van der Waals surface area contributed by atoms with Crippen LogP contribution >= 0.6 is 0 Å². The van der Waals surface area contributed by atoms with Crippen molar-refractivity contribution in [2.45, 2.75) is 117 Å². The number of carbonyl (C=O) groups excluding carboxylic acids is 5. The van der Waals surface area contributed by atoms with Crippen LogP contribution in [0.5, 0.6) is 0 Å². The Morgan fingerprint density at radius 1 is 0.786 bits per heavy atom. The second-order valence-electron chi connectivity index (χ2n) is 12.3. The number of rotatable bonds is 5. The van der Waals surface area contributed by atoms with E-state index >= 15 is 0 Å². The van der Waals surface area contributed by atoms with Crippen LogP contribution < -0.4 is 0 Å². The zero-order valence-corrected chi connectivity index (χ0v) is 25.6. The van der Waals surface area contributed by atoms with Crippen LogP contribution in [0.25, 0.3) is 0 Å². The molecule has 2 fully saturated rings. The van der Waals surface area contributed by atoms with Crippen LogP contribution in [0.2, 0.25) is 0 Å². The van der Waals surface area contributed by atoms with E-state index in [-0.39, 0.29) is 24.0 Å². The molecule has 0 radical (unpaired) electrons. The van der Waals surface area contributed by atoms with E-state index in [0.29, 0.717) is 5.57 Å². The van der Waals surface area contributed by atoms with Crippen LogP contribution in [0.15, 0.2) is 23.3 Å². The number of aliphatic hydroxyl groups excluding tert-OH is 1. The highest BCUT2D eigenvalue weighted by Crippen LogP contribution is 2.62. The third-order valence-corrected chi connectivity index (χ3v) is 9.23. The molecule has 0 aromatic heterocycles. The Labute approximate surface area is 245 Å². The van der Waals surface area contributed by atoms with Gasteiger partial charge in [0.2, 0.25) is 0 Å². The standard InChI is InChI=1S/C30H42O12/c1-13-20(36)11-22(39-16(4)32)29(10)24(13)26(41-18(6)34)30(37)12-21(38-15(3)31)14(2)23(28(30,8)9)25(40-17(5)33)27(29)42-19(7)35/h20-22,24-27,36-37H,1,11-12H2,2-10H3/t20-,21-,22-,24-,25+,26-,27-,29+,30+/m0/s1. The Balaban J connectivity index is 2.58. The summed E-state index contributed by atoms with van der Waals surface area (Å²) >= 11 is 0. The summed E-state index contributed by atoms with van der Waals surface area (Å²) in [5, 5.41) is 24.0. The van der Waals surface area contributed by atoms with Gasteiger partial charge in [0.1, 0.15) is 23.9 Å². The maximum absolute atomic E-state index is 12.8. The fourth-order valence-corrected chi connectivity index (χ4v) is 7.41. The number of carbonyl (C=O) groups is 5. The average Bonchev–Trinajstić information content (AvgIpc) is 2.81. The molecule has 3 aliphatic carbocycles. The van der Waals surface area contributed by atoms with Crippen molar-refractivity contribution in [3.63, 3.8) is 0 Å². The molecule has 2 bridgehead atoms. The lowest BCUT2D eigenvalue weighted by molar-refractivity contribution is -0.258.